The molecule has 0 bridgehead atoms. The second-order valence-corrected chi connectivity index (χ2v) is 21.8. The normalized spacial score (nSPS) is 19.9. The number of phosphoric acid groups is 3. The van der Waals surface area contributed by atoms with Crippen LogP contribution >= 0.6 is 35.2 Å². The van der Waals surface area contributed by atoms with E-state index in [0.717, 1.165) is 29.0 Å². The Morgan fingerprint density at radius 2 is 1.75 bits per heavy atom. The van der Waals surface area contributed by atoms with Crippen molar-refractivity contribution in [2.75, 3.05) is 51.7 Å². The van der Waals surface area contributed by atoms with Crippen molar-refractivity contribution in [3.63, 3.8) is 0 Å². The second kappa shape index (κ2) is 21.7. The van der Waals surface area contributed by atoms with Crippen LogP contribution in [0.1, 0.15) is 36.9 Å². The summed E-state index contributed by atoms with van der Waals surface area (Å²) in [4.78, 5) is 102. The Labute approximate surface area is 413 Å². The number of thioether (sulfide) groups is 1. The molecular weight excluding hydrogens is 1060 g/mol. The number of anilines is 1. The maximum atomic E-state index is 13.6. The summed E-state index contributed by atoms with van der Waals surface area (Å²) in [7, 11) is -15.3. The van der Waals surface area contributed by atoms with Crippen molar-refractivity contribution in [3.8, 4) is 23.0 Å². The highest BCUT2D eigenvalue weighted by atomic mass is 32.2. The standard InChI is InChI=1S/C38H45N8O23P3S/c1-38(2,13-66-72(60,61)69-71(58,59)65-12-23-31(68-70(55,56)57)28(49)36(67-23)45-15-44-27-33(39)42-14-43-34(27)45)32(50)35(51)41-7-6-24(48)40-8-9-73-37(52)19-11-22-30(64-16-63-22)26-17-4-5-21(47)29(62-3)18(17)10-20(25(19)26)46(53)54/h4-5,10-11,14-15,23,28,31-32,36,47,49-50H,6-9,12-13,16H2,1-3H3,(H,40,48)(H,41,51)(H,58,59)(H,60,61)(H2,39,42,43)(H2,55,56,57). The number of nitrogens with two attached hydrogens (primary N) is 1. The van der Waals surface area contributed by atoms with Gasteiger partial charge in [0.1, 0.15) is 36.3 Å². The first kappa shape index (κ1) is 55.1. The van der Waals surface area contributed by atoms with E-state index >= 15 is 0 Å². The topological polar surface area (TPSA) is 455 Å². The Balaban J connectivity index is 0.870. The summed E-state index contributed by atoms with van der Waals surface area (Å²) >= 11 is 0.736. The Hall–Kier alpha value is -5.66. The smallest absolute Gasteiger partial charge is 0.481 e. The van der Waals surface area contributed by atoms with Crippen molar-refractivity contribution >= 4 is 96.4 Å². The molecule has 0 saturated carbocycles. The fraction of sp³-hybridized carbons (Fsp3) is 0.421. The lowest BCUT2D eigenvalue weighted by Gasteiger charge is -2.30. The molecule has 0 aliphatic carbocycles. The number of imidazole rings is 1. The molecule has 7 unspecified atom stereocenters. The largest absolute Gasteiger partial charge is 0.504 e. The number of amides is 2. The third-order valence-electron chi connectivity index (χ3n) is 11.0. The lowest BCUT2D eigenvalue weighted by Crippen LogP contribution is -2.46. The van der Waals surface area contributed by atoms with Crippen molar-refractivity contribution in [2.45, 2.75) is 50.9 Å². The first-order valence-corrected chi connectivity index (χ1v) is 26.5. The van der Waals surface area contributed by atoms with Gasteiger partial charge in [-0.2, -0.15) is 4.31 Å². The van der Waals surface area contributed by atoms with Gasteiger partial charge in [0.25, 0.3) is 5.69 Å². The zero-order chi connectivity index (χ0) is 53.4. The number of hydrogen-bond acceptors (Lipinski definition) is 24. The maximum Gasteiger partial charge on any atom is 0.481 e. The molecule has 4 heterocycles. The highest BCUT2D eigenvalue weighted by molar-refractivity contribution is 8.14. The number of carbonyl (C=O) groups excluding carboxylic acids is 3. The molecule has 2 aromatic heterocycles. The maximum absolute atomic E-state index is 13.6. The highest BCUT2D eigenvalue weighted by Gasteiger charge is 2.50. The molecule has 2 aliphatic heterocycles. The number of ether oxygens (including phenoxy) is 4. The number of hydrogen-bond donors (Lipinski definition) is 10. The van der Waals surface area contributed by atoms with Crippen molar-refractivity contribution in [3.05, 3.63) is 52.6 Å². The fourth-order valence-electron chi connectivity index (χ4n) is 7.60. The van der Waals surface area contributed by atoms with E-state index in [-0.39, 0.29) is 93.8 Å². The van der Waals surface area contributed by atoms with Gasteiger partial charge in [0.15, 0.2) is 40.7 Å². The lowest BCUT2D eigenvalue weighted by molar-refractivity contribution is -0.383. The molecule has 7 atom stereocenters. The number of phenols is 1. The summed E-state index contributed by atoms with van der Waals surface area (Å²) in [5.41, 5.74) is 3.58. The summed E-state index contributed by atoms with van der Waals surface area (Å²) < 4.78 is 79.0. The molecule has 396 valence electrons. The predicted octanol–water partition coefficient (Wildman–Crippen LogP) is 1.64. The number of aromatic hydroxyl groups is 1. The van der Waals surface area contributed by atoms with E-state index in [1.807, 2.05) is 0 Å². The second-order valence-electron chi connectivity index (χ2n) is 16.5. The molecule has 0 spiro atoms. The SMILES string of the molecule is COc1c(O)ccc2c1cc([N+](=O)[O-])c1c(C(=O)SCCNC(=O)CCNC(=O)C(O)C(C)(C)COP(=O)(O)OP(=O)(O)OCC3OC(n4cnc5c(N)ncnc54)C(O)C3OP(=O)(O)O)cc3c(c12)OCO3. The third-order valence-corrected chi connectivity index (χ3v) is 15.0. The van der Waals surface area contributed by atoms with Crippen LogP contribution in [0.5, 0.6) is 23.0 Å². The number of carbonyl (C=O) groups is 3. The number of fused-ring (bicyclic) bond motifs is 6. The van der Waals surface area contributed by atoms with Gasteiger partial charge in [-0.3, -0.25) is 42.6 Å². The van der Waals surface area contributed by atoms with Gasteiger partial charge in [0.05, 0.1) is 37.0 Å². The Morgan fingerprint density at radius 1 is 1.03 bits per heavy atom. The van der Waals surface area contributed by atoms with E-state index in [9.17, 15) is 73.1 Å². The van der Waals surface area contributed by atoms with Gasteiger partial charge in [-0.1, -0.05) is 25.6 Å². The van der Waals surface area contributed by atoms with Gasteiger partial charge < -0.3 is 70.2 Å². The molecule has 7 rings (SSSR count). The highest BCUT2D eigenvalue weighted by Crippen LogP contribution is 2.61. The van der Waals surface area contributed by atoms with Gasteiger partial charge in [0, 0.05) is 53.1 Å². The Kier molecular flexibility index (Phi) is 16.4. The molecule has 11 N–H and O–H groups in total. The minimum Gasteiger partial charge on any atom is -0.504 e. The summed E-state index contributed by atoms with van der Waals surface area (Å²) in [5, 5.41) is 49.4. The van der Waals surface area contributed by atoms with Crippen molar-refractivity contribution < 1.29 is 105 Å². The van der Waals surface area contributed by atoms with E-state index in [0.29, 0.717) is 5.39 Å². The molecule has 31 nitrogen and oxygen atoms in total. The van der Waals surface area contributed by atoms with Crippen LogP contribution in [0.4, 0.5) is 11.5 Å². The molecule has 5 aromatic rings. The number of nitro benzene ring substituents is 1. The first-order chi connectivity index (χ1) is 34.2. The Morgan fingerprint density at radius 3 is 2.45 bits per heavy atom. The number of phenolic OH excluding ortho intramolecular Hbond substituents is 1. The molecule has 1 saturated heterocycles. The van der Waals surface area contributed by atoms with Crippen LogP contribution in [-0.4, -0.2) is 147 Å². The number of phosphoric ester groups is 3. The van der Waals surface area contributed by atoms with Crippen LogP contribution in [0.2, 0.25) is 0 Å². The predicted molar refractivity (Wildman–Crippen MR) is 249 cm³/mol. The van der Waals surface area contributed by atoms with Gasteiger partial charge in [-0.15, -0.1) is 0 Å². The molecule has 3 aromatic carbocycles. The molecule has 0 radical (unpaired) electrons. The van der Waals surface area contributed by atoms with Crippen LogP contribution in [0.3, 0.4) is 0 Å². The van der Waals surface area contributed by atoms with Gasteiger partial charge >= 0.3 is 23.5 Å². The molecule has 2 aliphatic rings. The number of rotatable bonds is 22. The monoisotopic (exact) mass is 1110 g/mol. The van der Waals surface area contributed by atoms with Gasteiger partial charge in [0.2, 0.25) is 23.7 Å². The number of nitrogen functional groups attached to an aromatic ring is 1. The van der Waals surface area contributed by atoms with Gasteiger partial charge in [-0.05, 0) is 23.6 Å². The van der Waals surface area contributed by atoms with Gasteiger partial charge in [-0.25, -0.2) is 28.6 Å². The molecule has 2 amide bonds. The summed E-state index contributed by atoms with van der Waals surface area (Å²) in [6, 6.07) is 5.33. The van der Waals surface area contributed by atoms with Crippen LogP contribution in [-0.2, 0) is 45.9 Å². The third kappa shape index (κ3) is 12.3. The number of aromatic nitrogens is 4. The number of methoxy groups -OCH3 is 1. The van der Waals surface area contributed by atoms with E-state index in [1.165, 1.54) is 45.2 Å². The lowest BCUT2D eigenvalue weighted by atomic mass is 9.87. The zero-order valence-corrected chi connectivity index (χ0v) is 41.5. The molecule has 73 heavy (non-hydrogen) atoms. The van der Waals surface area contributed by atoms with Crippen LogP contribution in [0, 0.1) is 15.5 Å². The van der Waals surface area contributed by atoms with E-state index < -0.39 is 100 Å². The van der Waals surface area contributed by atoms with E-state index in [4.69, 9.17) is 33.7 Å². The Bertz CT molecular complexity index is 3140. The van der Waals surface area contributed by atoms with Crippen molar-refractivity contribution in [2.24, 2.45) is 5.41 Å². The number of nitrogens with zero attached hydrogens (tertiary/aromatic N) is 5. The zero-order valence-electron chi connectivity index (χ0n) is 38.0. The summed E-state index contributed by atoms with van der Waals surface area (Å²) in [6.45, 7) is -0.348. The average Bonchev–Trinajstić information content (AvgIpc) is 4.05. The van der Waals surface area contributed by atoms with E-state index in [1.54, 1.807) is 0 Å². The summed E-state index contributed by atoms with van der Waals surface area (Å²) in [6.07, 6.45) is -7.36. The van der Waals surface area contributed by atoms with E-state index in [2.05, 4.69) is 34.4 Å². The number of aliphatic hydroxyl groups excluding tert-OH is 2. The minimum atomic E-state index is -5.64. The average molecular weight is 1110 g/mol. The van der Waals surface area contributed by atoms with Crippen molar-refractivity contribution in [1.29, 1.82) is 0 Å². The van der Waals surface area contributed by atoms with Crippen LogP contribution in [0.25, 0.3) is 32.7 Å². The van der Waals surface area contributed by atoms with Crippen molar-refractivity contribution in [1.82, 2.24) is 30.2 Å². The van der Waals surface area contributed by atoms with Crippen LogP contribution < -0.4 is 30.6 Å². The number of nitro groups is 1. The summed E-state index contributed by atoms with van der Waals surface area (Å²) in [5.74, 6) is -1.74. The fourth-order valence-corrected chi connectivity index (χ4v) is 11.1. The number of nitrogens with one attached hydrogen (secondary N) is 2. The number of benzene rings is 3. The molecular formula is C38H45N8O23P3S. The first-order valence-electron chi connectivity index (χ1n) is 21.0. The molecule has 1 fully saturated rings. The van der Waals surface area contributed by atoms with Crippen LogP contribution in [0.15, 0.2) is 36.9 Å². The molecule has 35 heteroatoms. The number of aliphatic hydroxyl groups is 2. The quantitative estimate of drug-likeness (QED) is 0.0155. The minimum absolute atomic E-state index is 0.00594. The number of non-ortho nitro benzene ring substituents is 1.